The molecule has 1 fully saturated rings. The first kappa shape index (κ1) is 27.8. The summed E-state index contributed by atoms with van der Waals surface area (Å²) in [5, 5.41) is 21.4. The van der Waals surface area contributed by atoms with Crippen LogP contribution in [0.2, 0.25) is 0 Å². The molecule has 3 N–H and O–H groups in total. The minimum absolute atomic E-state index is 0.0442. The summed E-state index contributed by atoms with van der Waals surface area (Å²) in [4.78, 5) is 51.3. The predicted molar refractivity (Wildman–Crippen MR) is 142 cm³/mol. The number of benzene rings is 1. The maximum absolute atomic E-state index is 12.8. The Morgan fingerprint density at radius 3 is 2.73 bits per heavy atom. The summed E-state index contributed by atoms with van der Waals surface area (Å²) in [6, 6.07) is 3.96. The summed E-state index contributed by atoms with van der Waals surface area (Å²) >= 11 is 0. The SMILES string of the molecule is COc1cc(OC)c2c(CC(=O)NCc3cn([C@H]4C[C@H](n5cc(C)c(=O)[nH]c5=O)O[C@@H]4CO)nn3)cc(=O)oc2c1. The van der Waals surface area contributed by atoms with E-state index in [1.807, 2.05) is 0 Å². The van der Waals surface area contributed by atoms with E-state index in [1.54, 1.807) is 25.3 Å². The number of H-pyrrole nitrogens is 1. The number of aromatic nitrogens is 5. The van der Waals surface area contributed by atoms with E-state index in [0.29, 0.717) is 33.7 Å². The summed E-state index contributed by atoms with van der Waals surface area (Å²) in [5.74, 6) is 0.448. The minimum Gasteiger partial charge on any atom is -0.496 e. The summed E-state index contributed by atoms with van der Waals surface area (Å²) in [5.41, 5.74) is -0.280. The van der Waals surface area contributed by atoms with Crippen molar-refractivity contribution in [1.29, 1.82) is 0 Å². The minimum atomic E-state index is -0.733. The van der Waals surface area contributed by atoms with Gasteiger partial charge < -0.3 is 29.1 Å². The Balaban J connectivity index is 1.28. The number of amides is 1. The number of nitrogens with zero attached hydrogens (tertiary/aromatic N) is 4. The van der Waals surface area contributed by atoms with E-state index in [9.17, 15) is 24.3 Å². The second-order valence-electron chi connectivity index (χ2n) is 9.53. The van der Waals surface area contributed by atoms with Gasteiger partial charge in [-0.25, -0.2) is 14.3 Å². The van der Waals surface area contributed by atoms with Crippen LogP contribution in [0.15, 0.2) is 49.4 Å². The van der Waals surface area contributed by atoms with Gasteiger partial charge in [-0.05, 0) is 12.5 Å². The molecule has 1 aromatic carbocycles. The van der Waals surface area contributed by atoms with Gasteiger partial charge in [0, 0.05) is 36.4 Å². The van der Waals surface area contributed by atoms with E-state index >= 15 is 0 Å². The van der Waals surface area contributed by atoms with E-state index in [4.69, 9.17) is 18.6 Å². The van der Waals surface area contributed by atoms with Gasteiger partial charge in [0.15, 0.2) is 0 Å². The number of hydrogen-bond donors (Lipinski definition) is 3. The fraction of sp³-hybridized carbons (Fsp3) is 0.385. The van der Waals surface area contributed by atoms with Crippen molar-refractivity contribution in [1.82, 2.24) is 29.9 Å². The van der Waals surface area contributed by atoms with Gasteiger partial charge >= 0.3 is 11.3 Å². The molecule has 0 unspecified atom stereocenters. The smallest absolute Gasteiger partial charge is 0.336 e. The van der Waals surface area contributed by atoms with Crippen molar-refractivity contribution >= 4 is 16.9 Å². The number of aliphatic hydroxyl groups is 1. The van der Waals surface area contributed by atoms with E-state index in [0.717, 1.165) is 0 Å². The largest absolute Gasteiger partial charge is 0.496 e. The molecular formula is C26H28N6O9. The van der Waals surface area contributed by atoms with Crippen molar-refractivity contribution in [2.45, 2.75) is 44.7 Å². The fourth-order valence-corrected chi connectivity index (χ4v) is 4.84. The average molecular weight is 569 g/mol. The van der Waals surface area contributed by atoms with Crippen LogP contribution in [0.25, 0.3) is 11.0 Å². The molecule has 0 radical (unpaired) electrons. The second kappa shape index (κ2) is 11.4. The van der Waals surface area contributed by atoms with Crippen molar-refractivity contribution in [2.24, 2.45) is 0 Å². The molecule has 41 heavy (non-hydrogen) atoms. The van der Waals surface area contributed by atoms with Crippen LogP contribution in [0.1, 0.15) is 35.5 Å². The van der Waals surface area contributed by atoms with Crippen LogP contribution in [0.5, 0.6) is 11.5 Å². The molecule has 1 saturated heterocycles. The molecule has 15 heteroatoms. The molecule has 0 saturated carbocycles. The standard InChI is InChI=1S/C26H28N6O9/c1-13-10-31(26(37)28-25(13)36)22-8-17(20(12-33)40-22)32-11-15(29-30-32)9-27-21(34)4-14-5-23(35)41-19-7-16(38-2)6-18(39-3)24(14)19/h5-7,10-11,17,20,22,33H,4,8-9,12H2,1-3H3,(H,27,34)(H,28,36,37)/t17-,20+,22+/m0/s1. The topological polar surface area (TPSA) is 193 Å². The van der Waals surface area contributed by atoms with Crippen LogP contribution in [0.4, 0.5) is 0 Å². The molecule has 1 aliphatic rings. The number of aliphatic hydroxyl groups excluding tert-OH is 1. The molecule has 5 rings (SSSR count). The number of rotatable bonds is 9. The highest BCUT2D eigenvalue weighted by Crippen LogP contribution is 2.36. The number of aromatic amines is 1. The van der Waals surface area contributed by atoms with Gasteiger partial charge in [-0.1, -0.05) is 5.21 Å². The zero-order valence-corrected chi connectivity index (χ0v) is 22.4. The van der Waals surface area contributed by atoms with E-state index < -0.39 is 35.2 Å². The molecule has 0 aliphatic carbocycles. The Labute approximate surface area is 231 Å². The molecule has 216 valence electrons. The molecule has 3 aromatic heterocycles. The highest BCUT2D eigenvalue weighted by molar-refractivity contribution is 5.92. The lowest BCUT2D eigenvalue weighted by molar-refractivity contribution is -0.120. The number of carbonyl (C=O) groups excluding carboxylic acids is 1. The Bertz CT molecular complexity index is 1770. The second-order valence-corrected chi connectivity index (χ2v) is 9.53. The Morgan fingerprint density at radius 1 is 1.20 bits per heavy atom. The highest BCUT2D eigenvalue weighted by atomic mass is 16.5. The lowest BCUT2D eigenvalue weighted by Crippen LogP contribution is -2.33. The highest BCUT2D eigenvalue weighted by Gasteiger charge is 2.38. The summed E-state index contributed by atoms with van der Waals surface area (Å²) in [6.45, 7) is 1.28. The van der Waals surface area contributed by atoms with Gasteiger partial charge in [-0.3, -0.25) is 19.1 Å². The maximum atomic E-state index is 12.8. The van der Waals surface area contributed by atoms with E-state index in [-0.39, 0.29) is 37.5 Å². The molecule has 4 heterocycles. The maximum Gasteiger partial charge on any atom is 0.336 e. The van der Waals surface area contributed by atoms with Crippen molar-refractivity contribution < 1.29 is 28.5 Å². The first-order valence-corrected chi connectivity index (χ1v) is 12.6. The zero-order valence-electron chi connectivity index (χ0n) is 22.4. The average Bonchev–Trinajstić information content (AvgIpc) is 3.60. The lowest BCUT2D eigenvalue weighted by atomic mass is 10.1. The van der Waals surface area contributed by atoms with Gasteiger partial charge in [0.05, 0.1) is 51.4 Å². The van der Waals surface area contributed by atoms with Crippen LogP contribution in [0, 0.1) is 6.92 Å². The third-order valence-electron chi connectivity index (χ3n) is 6.87. The normalized spacial score (nSPS) is 18.5. The van der Waals surface area contributed by atoms with Gasteiger partial charge in [0.1, 0.15) is 35.1 Å². The molecule has 0 bridgehead atoms. The molecule has 0 spiro atoms. The number of fused-ring (bicyclic) bond motifs is 1. The van der Waals surface area contributed by atoms with Crippen molar-refractivity contribution in [2.75, 3.05) is 20.8 Å². The van der Waals surface area contributed by atoms with Gasteiger partial charge in [-0.2, -0.15) is 0 Å². The van der Waals surface area contributed by atoms with Crippen molar-refractivity contribution in [3.63, 3.8) is 0 Å². The quantitative estimate of drug-likeness (QED) is 0.229. The molecule has 1 aliphatic heterocycles. The monoisotopic (exact) mass is 568 g/mol. The van der Waals surface area contributed by atoms with Crippen LogP contribution in [-0.2, 0) is 22.5 Å². The molecule has 15 nitrogen and oxygen atoms in total. The Hall–Kier alpha value is -4.76. The van der Waals surface area contributed by atoms with E-state index in [2.05, 4.69) is 20.6 Å². The first-order valence-electron chi connectivity index (χ1n) is 12.6. The third-order valence-corrected chi connectivity index (χ3v) is 6.87. The molecule has 4 aromatic rings. The Morgan fingerprint density at radius 2 is 2.00 bits per heavy atom. The molecular weight excluding hydrogens is 540 g/mol. The van der Waals surface area contributed by atoms with E-state index in [1.165, 1.54) is 35.7 Å². The number of aryl methyl sites for hydroxylation is 1. The lowest BCUT2D eigenvalue weighted by Gasteiger charge is -2.15. The fourth-order valence-electron chi connectivity index (χ4n) is 4.84. The van der Waals surface area contributed by atoms with Crippen LogP contribution < -0.4 is 31.7 Å². The number of nitrogens with one attached hydrogen (secondary N) is 2. The Kier molecular flexibility index (Phi) is 7.72. The number of methoxy groups -OCH3 is 2. The van der Waals surface area contributed by atoms with Gasteiger partial charge in [0.25, 0.3) is 5.56 Å². The molecule has 1 amide bonds. The molecule has 3 atom stereocenters. The predicted octanol–water partition coefficient (Wildman–Crippen LogP) is -0.0599. The number of ether oxygens (including phenoxy) is 3. The van der Waals surface area contributed by atoms with Crippen LogP contribution in [0.3, 0.4) is 0 Å². The summed E-state index contributed by atoms with van der Waals surface area (Å²) in [7, 11) is 2.94. The summed E-state index contributed by atoms with van der Waals surface area (Å²) in [6.07, 6.45) is 1.76. The number of carbonyl (C=O) groups is 1. The van der Waals surface area contributed by atoms with Gasteiger partial charge in [0.2, 0.25) is 5.91 Å². The summed E-state index contributed by atoms with van der Waals surface area (Å²) < 4.78 is 24.6. The van der Waals surface area contributed by atoms with Crippen molar-refractivity contribution in [3.8, 4) is 11.5 Å². The van der Waals surface area contributed by atoms with Gasteiger partial charge in [-0.15, -0.1) is 5.10 Å². The first-order chi connectivity index (χ1) is 19.7. The van der Waals surface area contributed by atoms with Crippen LogP contribution in [-0.4, -0.2) is 62.5 Å². The van der Waals surface area contributed by atoms with Crippen LogP contribution >= 0.6 is 0 Å². The third kappa shape index (κ3) is 5.62. The number of hydrogen-bond acceptors (Lipinski definition) is 11. The zero-order chi connectivity index (χ0) is 29.3. The van der Waals surface area contributed by atoms with Crippen molar-refractivity contribution in [3.05, 3.63) is 78.7 Å².